The Hall–Kier alpha value is -2.02. The Labute approximate surface area is 120 Å². The number of amides is 1. The molecule has 0 aromatic heterocycles. The Balaban J connectivity index is 2.51. The summed E-state index contributed by atoms with van der Waals surface area (Å²) in [5.74, 6) is -3.79. The largest absolute Gasteiger partial charge is 0.479 e. The van der Waals surface area contributed by atoms with Crippen LogP contribution in [0.4, 0.5) is 8.78 Å². The van der Waals surface area contributed by atoms with Crippen molar-refractivity contribution in [3.05, 3.63) is 35.4 Å². The molecule has 2 atom stereocenters. The van der Waals surface area contributed by atoms with Crippen molar-refractivity contribution in [1.82, 2.24) is 4.90 Å². The minimum absolute atomic E-state index is 0.183. The van der Waals surface area contributed by atoms with Gasteiger partial charge in [0.2, 0.25) is 5.91 Å². The Morgan fingerprint density at radius 3 is 2.57 bits per heavy atom. The predicted molar refractivity (Wildman–Crippen MR) is 68.5 cm³/mol. The van der Waals surface area contributed by atoms with Gasteiger partial charge in [-0.25, -0.2) is 13.6 Å². The first-order valence-electron chi connectivity index (χ1n) is 6.43. The van der Waals surface area contributed by atoms with Crippen LogP contribution in [-0.4, -0.2) is 40.6 Å². The van der Waals surface area contributed by atoms with Crippen LogP contribution in [0.3, 0.4) is 0 Å². The van der Waals surface area contributed by atoms with Crippen molar-refractivity contribution >= 4 is 11.9 Å². The number of carboxylic acid groups (broad SMARTS) is 1. The Morgan fingerprint density at radius 1 is 1.38 bits per heavy atom. The van der Waals surface area contributed by atoms with Crippen LogP contribution in [0, 0.1) is 11.6 Å². The molecule has 1 aromatic carbocycles. The highest BCUT2D eigenvalue weighted by molar-refractivity contribution is 5.83. The number of morpholine rings is 1. The van der Waals surface area contributed by atoms with Gasteiger partial charge in [0.1, 0.15) is 6.61 Å². The van der Waals surface area contributed by atoms with Crippen LogP contribution in [0.1, 0.15) is 25.5 Å². The zero-order valence-corrected chi connectivity index (χ0v) is 11.5. The lowest BCUT2D eigenvalue weighted by atomic mass is 9.96. The number of ether oxygens (including phenoxy) is 1. The fourth-order valence-electron chi connectivity index (χ4n) is 2.48. The van der Waals surface area contributed by atoms with Crippen LogP contribution in [-0.2, 0) is 14.3 Å². The zero-order valence-electron chi connectivity index (χ0n) is 11.5. The second-order valence-corrected chi connectivity index (χ2v) is 5.08. The summed E-state index contributed by atoms with van der Waals surface area (Å²) in [6.45, 7) is 3.08. The van der Waals surface area contributed by atoms with Crippen LogP contribution >= 0.6 is 0 Å². The van der Waals surface area contributed by atoms with Crippen LogP contribution in [0.2, 0.25) is 0 Å². The third-order valence-electron chi connectivity index (χ3n) is 3.35. The number of aliphatic carboxylic acids is 1. The van der Waals surface area contributed by atoms with Crippen molar-refractivity contribution in [2.24, 2.45) is 0 Å². The summed E-state index contributed by atoms with van der Waals surface area (Å²) in [4.78, 5) is 24.6. The van der Waals surface area contributed by atoms with E-state index < -0.39 is 35.7 Å². The van der Waals surface area contributed by atoms with E-state index in [1.165, 1.54) is 11.0 Å². The van der Waals surface area contributed by atoms with E-state index >= 15 is 0 Å². The number of carbonyl (C=O) groups excluding carboxylic acids is 1. The second-order valence-electron chi connectivity index (χ2n) is 5.08. The van der Waals surface area contributed by atoms with E-state index in [4.69, 9.17) is 4.74 Å². The molecule has 0 aliphatic carbocycles. The molecule has 0 saturated carbocycles. The molecule has 1 heterocycles. The van der Waals surface area contributed by atoms with Gasteiger partial charge in [0.05, 0.1) is 6.04 Å². The van der Waals surface area contributed by atoms with Crippen molar-refractivity contribution in [1.29, 1.82) is 0 Å². The molecule has 114 valence electrons. The van der Waals surface area contributed by atoms with E-state index in [0.717, 1.165) is 12.1 Å². The molecule has 7 heteroatoms. The summed E-state index contributed by atoms with van der Waals surface area (Å²) in [6, 6.07) is 1.75. The highest BCUT2D eigenvalue weighted by atomic mass is 19.2. The summed E-state index contributed by atoms with van der Waals surface area (Å²) in [5, 5.41) is 9.25. The molecule has 1 amide bonds. The minimum atomic E-state index is -1.32. The highest BCUT2D eigenvalue weighted by Gasteiger charge is 2.43. The van der Waals surface area contributed by atoms with Gasteiger partial charge in [-0.2, -0.15) is 0 Å². The topological polar surface area (TPSA) is 66.8 Å². The molecular weight excluding hydrogens is 284 g/mol. The van der Waals surface area contributed by atoms with Gasteiger partial charge in [0, 0.05) is 6.04 Å². The van der Waals surface area contributed by atoms with Gasteiger partial charge in [-0.1, -0.05) is 6.07 Å². The van der Waals surface area contributed by atoms with E-state index in [0.29, 0.717) is 0 Å². The van der Waals surface area contributed by atoms with E-state index in [9.17, 15) is 23.5 Å². The molecule has 5 nitrogen and oxygen atoms in total. The lowest BCUT2D eigenvalue weighted by Crippen LogP contribution is -2.54. The standard InChI is InChI=1S/C14H15F2NO4/c1-7(2)17-11(18)6-21-13(14(19)20)12(17)8-3-4-9(15)10(16)5-8/h3-5,7,12-13H,6H2,1-2H3,(H,19,20). The van der Waals surface area contributed by atoms with E-state index in [-0.39, 0.29) is 18.2 Å². The monoisotopic (exact) mass is 299 g/mol. The average molecular weight is 299 g/mol. The van der Waals surface area contributed by atoms with Gasteiger partial charge in [-0.05, 0) is 31.5 Å². The molecular formula is C14H15F2NO4. The SMILES string of the molecule is CC(C)N1C(=O)COC(C(=O)O)C1c1ccc(F)c(F)c1. The van der Waals surface area contributed by atoms with Crippen LogP contribution in [0.15, 0.2) is 18.2 Å². The molecule has 2 rings (SSSR count). The number of rotatable bonds is 3. The molecule has 0 radical (unpaired) electrons. The zero-order chi connectivity index (χ0) is 15.7. The maximum Gasteiger partial charge on any atom is 0.335 e. The van der Waals surface area contributed by atoms with Crippen LogP contribution in [0.5, 0.6) is 0 Å². The summed E-state index contributed by atoms with van der Waals surface area (Å²) >= 11 is 0. The van der Waals surface area contributed by atoms with Crippen molar-refractivity contribution in [2.45, 2.75) is 32.0 Å². The van der Waals surface area contributed by atoms with Crippen molar-refractivity contribution in [3.63, 3.8) is 0 Å². The van der Waals surface area contributed by atoms with E-state index in [1.807, 2.05) is 0 Å². The summed E-state index contributed by atoms with van der Waals surface area (Å²) in [5.41, 5.74) is 0.183. The van der Waals surface area contributed by atoms with Crippen LogP contribution in [0.25, 0.3) is 0 Å². The number of carboxylic acids is 1. The number of carbonyl (C=O) groups is 2. The number of hydrogen-bond acceptors (Lipinski definition) is 3. The number of halogens is 2. The van der Waals surface area contributed by atoms with E-state index in [2.05, 4.69) is 0 Å². The molecule has 1 N–H and O–H groups in total. The fraction of sp³-hybridized carbons (Fsp3) is 0.429. The quantitative estimate of drug-likeness (QED) is 0.923. The van der Waals surface area contributed by atoms with Gasteiger partial charge >= 0.3 is 5.97 Å². The molecule has 1 saturated heterocycles. The lowest BCUT2D eigenvalue weighted by Gasteiger charge is -2.41. The van der Waals surface area contributed by atoms with Gasteiger partial charge < -0.3 is 14.7 Å². The predicted octanol–water partition coefficient (Wildman–Crippen LogP) is 1.73. The molecule has 2 unspecified atom stereocenters. The Morgan fingerprint density at radius 2 is 2.05 bits per heavy atom. The highest BCUT2D eigenvalue weighted by Crippen LogP contribution is 2.32. The average Bonchev–Trinajstić information content (AvgIpc) is 2.40. The summed E-state index contributed by atoms with van der Waals surface area (Å²) < 4.78 is 31.5. The molecule has 0 bridgehead atoms. The normalized spacial score (nSPS) is 22.7. The third-order valence-corrected chi connectivity index (χ3v) is 3.35. The molecule has 0 spiro atoms. The Bertz CT molecular complexity index is 576. The maximum absolute atomic E-state index is 13.4. The van der Waals surface area contributed by atoms with Crippen LogP contribution < -0.4 is 0 Å². The van der Waals surface area contributed by atoms with Crippen molar-refractivity contribution in [3.8, 4) is 0 Å². The number of hydrogen-bond donors (Lipinski definition) is 1. The van der Waals surface area contributed by atoms with Gasteiger partial charge in [-0.15, -0.1) is 0 Å². The molecule has 1 aliphatic rings. The molecule has 21 heavy (non-hydrogen) atoms. The van der Waals surface area contributed by atoms with Gasteiger partial charge in [-0.3, -0.25) is 4.79 Å². The third kappa shape index (κ3) is 2.87. The molecule has 1 aromatic rings. The van der Waals surface area contributed by atoms with Crippen molar-refractivity contribution in [2.75, 3.05) is 6.61 Å². The fourth-order valence-corrected chi connectivity index (χ4v) is 2.48. The molecule has 1 aliphatic heterocycles. The number of benzene rings is 1. The summed E-state index contributed by atoms with van der Waals surface area (Å²) in [6.07, 6.45) is -1.32. The first-order chi connectivity index (χ1) is 9.82. The first-order valence-corrected chi connectivity index (χ1v) is 6.43. The second kappa shape index (κ2) is 5.77. The Kier molecular flexibility index (Phi) is 4.22. The number of nitrogens with zero attached hydrogens (tertiary/aromatic N) is 1. The van der Waals surface area contributed by atoms with Crippen molar-refractivity contribution < 1.29 is 28.2 Å². The minimum Gasteiger partial charge on any atom is -0.479 e. The van der Waals surface area contributed by atoms with Gasteiger partial charge in [0.15, 0.2) is 17.7 Å². The smallest absolute Gasteiger partial charge is 0.335 e. The molecule has 1 fully saturated rings. The van der Waals surface area contributed by atoms with Gasteiger partial charge in [0.25, 0.3) is 0 Å². The maximum atomic E-state index is 13.4. The first kappa shape index (κ1) is 15.4. The summed E-state index contributed by atoms with van der Waals surface area (Å²) in [7, 11) is 0. The lowest BCUT2D eigenvalue weighted by molar-refractivity contribution is -0.175. The van der Waals surface area contributed by atoms with E-state index in [1.54, 1.807) is 13.8 Å².